The van der Waals surface area contributed by atoms with E-state index in [0.717, 1.165) is 28.1 Å². The first-order chi connectivity index (χ1) is 19.6. The fourth-order valence-corrected chi connectivity index (χ4v) is 7.44. The lowest BCUT2D eigenvalue weighted by Gasteiger charge is -2.45. The van der Waals surface area contributed by atoms with Crippen LogP contribution in [-0.4, -0.2) is 56.1 Å². The highest BCUT2D eigenvalue weighted by atomic mass is 32.2. The summed E-state index contributed by atoms with van der Waals surface area (Å²) in [6.07, 6.45) is 10.1. The molecule has 2 aliphatic rings. The maximum Gasteiger partial charge on any atom is 0.246 e. The summed E-state index contributed by atoms with van der Waals surface area (Å²) < 4.78 is 45.6. The molecule has 0 N–H and O–H groups in total. The molecule has 212 valence electrons. The van der Waals surface area contributed by atoms with Gasteiger partial charge in [0.25, 0.3) is 0 Å². The number of pyridine rings is 1. The summed E-state index contributed by atoms with van der Waals surface area (Å²) >= 11 is 0. The van der Waals surface area contributed by atoms with Gasteiger partial charge in [-0.15, -0.1) is 0 Å². The summed E-state index contributed by atoms with van der Waals surface area (Å²) in [5.41, 5.74) is 3.67. The van der Waals surface area contributed by atoms with E-state index < -0.39 is 21.5 Å². The van der Waals surface area contributed by atoms with Crippen molar-refractivity contribution in [3.63, 3.8) is 0 Å². The zero-order valence-corrected chi connectivity index (χ0v) is 24.0. The zero-order valence-electron chi connectivity index (χ0n) is 23.2. The number of hydrogen-bond donors (Lipinski definition) is 0. The number of halogens is 1. The second-order valence-corrected chi connectivity index (χ2v) is 12.9. The van der Waals surface area contributed by atoms with Gasteiger partial charge in [-0.1, -0.05) is 5.57 Å². The predicted octanol–water partition coefficient (Wildman–Crippen LogP) is 4.61. The highest BCUT2D eigenvalue weighted by Crippen LogP contribution is 2.51. The lowest BCUT2D eigenvalue weighted by molar-refractivity contribution is 0.0747. The number of allylic oxidation sites excluding steroid dienone is 1. The van der Waals surface area contributed by atoms with Crippen LogP contribution in [0.15, 0.2) is 71.7 Å². The van der Waals surface area contributed by atoms with Crippen molar-refractivity contribution in [2.45, 2.75) is 57.0 Å². The van der Waals surface area contributed by atoms with E-state index in [2.05, 4.69) is 15.2 Å². The molecule has 41 heavy (non-hydrogen) atoms. The van der Waals surface area contributed by atoms with Gasteiger partial charge in [0.05, 0.1) is 29.2 Å². The summed E-state index contributed by atoms with van der Waals surface area (Å²) in [4.78, 5) is 19.0. The SMILES string of the molecule is CCn1cc(S(=O)(=O)N(C)[C@H]2CCC3=Cc4c(cnn4-c4ccc(F)cc4)C[C@]3(C(=O)c3cc(C)ccn3)C2)cn1. The molecular formula is C30H31FN6O3S. The van der Waals surface area contributed by atoms with Crippen LogP contribution in [0.1, 0.15) is 53.5 Å². The van der Waals surface area contributed by atoms with Crippen LogP contribution in [-0.2, 0) is 23.0 Å². The summed E-state index contributed by atoms with van der Waals surface area (Å²) in [6.45, 7) is 4.37. The Morgan fingerprint density at radius 3 is 2.66 bits per heavy atom. The van der Waals surface area contributed by atoms with Crippen LogP contribution in [0.2, 0.25) is 0 Å². The summed E-state index contributed by atoms with van der Waals surface area (Å²) in [6, 6.07) is 9.34. The Labute approximate surface area is 238 Å². The average Bonchev–Trinajstić information content (AvgIpc) is 3.63. The number of sulfonamides is 1. The van der Waals surface area contributed by atoms with E-state index in [9.17, 15) is 17.6 Å². The lowest BCUT2D eigenvalue weighted by atomic mass is 9.60. The van der Waals surface area contributed by atoms with Gasteiger partial charge in [0.2, 0.25) is 10.0 Å². The van der Waals surface area contributed by atoms with Gasteiger partial charge in [-0.05, 0) is 93.1 Å². The third-order valence-corrected chi connectivity index (χ3v) is 10.3. The molecule has 0 amide bonds. The van der Waals surface area contributed by atoms with Crippen molar-refractivity contribution in [3.8, 4) is 5.69 Å². The first-order valence-electron chi connectivity index (χ1n) is 13.6. The Bertz CT molecular complexity index is 1780. The van der Waals surface area contributed by atoms with Crippen LogP contribution in [0.5, 0.6) is 0 Å². The fourth-order valence-electron chi connectivity index (χ4n) is 6.10. The van der Waals surface area contributed by atoms with Crippen molar-refractivity contribution in [3.05, 3.63) is 95.1 Å². The van der Waals surface area contributed by atoms with Gasteiger partial charge < -0.3 is 0 Å². The van der Waals surface area contributed by atoms with E-state index in [1.165, 1.54) is 28.8 Å². The molecule has 1 saturated carbocycles. The highest BCUT2D eigenvalue weighted by molar-refractivity contribution is 7.89. The Balaban J connectivity index is 1.41. The van der Waals surface area contributed by atoms with Gasteiger partial charge in [0, 0.05) is 32.0 Å². The third kappa shape index (κ3) is 4.62. The maximum atomic E-state index is 14.4. The van der Waals surface area contributed by atoms with E-state index in [1.807, 2.05) is 26.0 Å². The highest BCUT2D eigenvalue weighted by Gasteiger charge is 2.51. The van der Waals surface area contributed by atoms with Crippen molar-refractivity contribution in [1.82, 2.24) is 28.9 Å². The van der Waals surface area contributed by atoms with E-state index in [4.69, 9.17) is 0 Å². The second-order valence-electron chi connectivity index (χ2n) is 10.9. The number of ketones is 1. The standard InChI is InChI=1S/C30H31FN6O3S/c1-4-36-19-26(18-33-36)41(39,40)35(3)25-8-5-22-14-28-21(17-34-37(28)24-9-6-23(31)7-10-24)15-30(22,16-25)29(38)27-13-20(2)11-12-32-27/h6-7,9-14,17-19,25H,4-5,8,15-16H2,1-3H3/t25-,30-/m0/s1. The molecule has 0 unspecified atom stereocenters. The van der Waals surface area contributed by atoms with Gasteiger partial charge >= 0.3 is 0 Å². The van der Waals surface area contributed by atoms with E-state index in [-0.39, 0.29) is 16.5 Å². The largest absolute Gasteiger partial charge is 0.291 e. The smallest absolute Gasteiger partial charge is 0.246 e. The van der Waals surface area contributed by atoms with Crippen molar-refractivity contribution >= 4 is 21.9 Å². The van der Waals surface area contributed by atoms with E-state index in [1.54, 1.807) is 47.0 Å². The number of aromatic nitrogens is 5. The average molecular weight is 575 g/mol. The number of Topliss-reactive ketones (excluding diaryl/α,β-unsaturated/α-hetero) is 1. The quantitative estimate of drug-likeness (QED) is 0.299. The van der Waals surface area contributed by atoms with Crippen LogP contribution >= 0.6 is 0 Å². The second kappa shape index (κ2) is 10.1. The number of benzene rings is 1. The molecule has 1 fully saturated rings. The Morgan fingerprint density at radius 2 is 1.95 bits per heavy atom. The first kappa shape index (κ1) is 27.2. The van der Waals surface area contributed by atoms with Gasteiger partial charge in [-0.3, -0.25) is 14.5 Å². The molecule has 0 bridgehead atoms. The Kier molecular flexibility index (Phi) is 6.74. The zero-order chi connectivity index (χ0) is 28.9. The van der Waals surface area contributed by atoms with Gasteiger partial charge in [-0.25, -0.2) is 17.5 Å². The van der Waals surface area contributed by atoms with Crippen LogP contribution in [0, 0.1) is 18.2 Å². The van der Waals surface area contributed by atoms with E-state index in [0.29, 0.717) is 37.9 Å². The fraction of sp³-hybridized carbons (Fsp3) is 0.333. The molecule has 0 aliphatic heterocycles. The molecule has 9 nitrogen and oxygen atoms in total. The molecule has 2 atom stereocenters. The molecule has 4 aromatic rings. The molecule has 2 aliphatic carbocycles. The number of rotatable bonds is 7. The number of aryl methyl sites for hydroxylation is 2. The molecule has 1 aromatic carbocycles. The van der Waals surface area contributed by atoms with Crippen molar-refractivity contribution < 1.29 is 17.6 Å². The number of carbonyl (C=O) groups excluding carboxylic acids is 1. The number of hydrogen-bond acceptors (Lipinski definition) is 6. The van der Waals surface area contributed by atoms with Crippen LogP contribution in [0.25, 0.3) is 11.8 Å². The molecule has 0 radical (unpaired) electrons. The molecule has 3 aromatic heterocycles. The predicted molar refractivity (Wildman–Crippen MR) is 151 cm³/mol. The molecule has 0 saturated heterocycles. The van der Waals surface area contributed by atoms with Gasteiger partial charge in [0.15, 0.2) is 5.78 Å². The maximum absolute atomic E-state index is 14.4. The topological polar surface area (TPSA) is 103 Å². The Morgan fingerprint density at radius 1 is 1.17 bits per heavy atom. The van der Waals surface area contributed by atoms with E-state index >= 15 is 0 Å². The van der Waals surface area contributed by atoms with Crippen molar-refractivity contribution in [1.29, 1.82) is 0 Å². The minimum Gasteiger partial charge on any atom is -0.291 e. The molecular weight excluding hydrogens is 543 g/mol. The van der Waals surface area contributed by atoms with Gasteiger partial charge in [0.1, 0.15) is 16.4 Å². The third-order valence-electron chi connectivity index (χ3n) is 8.41. The van der Waals surface area contributed by atoms with Crippen LogP contribution in [0.4, 0.5) is 4.39 Å². The summed E-state index contributed by atoms with van der Waals surface area (Å²) in [7, 11) is -2.24. The summed E-state index contributed by atoms with van der Waals surface area (Å²) in [5, 5.41) is 8.73. The minimum absolute atomic E-state index is 0.123. The number of fused-ring (bicyclic) bond motifs is 2. The number of nitrogens with zero attached hydrogens (tertiary/aromatic N) is 6. The van der Waals surface area contributed by atoms with Crippen molar-refractivity contribution in [2.75, 3.05) is 7.05 Å². The molecule has 11 heteroatoms. The molecule has 3 heterocycles. The van der Waals surface area contributed by atoms with Crippen LogP contribution < -0.4 is 0 Å². The normalized spacial score (nSPS) is 20.4. The van der Waals surface area contributed by atoms with Crippen molar-refractivity contribution in [2.24, 2.45) is 5.41 Å². The summed E-state index contributed by atoms with van der Waals surface area (Å²) in [5.74, 6) is -0.454. The number of carbonyl (C=O) groups is 1. The first-order valence-corrected chi connectivity index (χ1v) is 15.1. The Hall–Kier alpha value is -3.96. The molecule has 0 spiro atoms. The molecule has 6 rings (SSSR count). The van der Waals surface area contributed by atoms with Gasteiger partial charge in [-0.2, -0.15) is 14.5 Å². The monoisotopic (exact) mass is 574 g/mol. The lowest BCUT2D eigenvalue weighted by Crippen LogP contribution is -2.49. The van der Waals surface area contributed by atoms with Crippen LogP contribution in [0.3, 0.4) is 0 Å². The minimum atomic E-state index is -3.83.